The number of halogens is 1. The standard InChI is InChI=1S/C30H42ClN3O4/c1-7-8-9-10-13-19-34(25(35)20-32-29(37)38-30(4,5)6)27(23-17-12-11-15-21(23)2)28(36)33-26-22(3)16-14-18-24(26)31/h11-12,14-18,27H,7-10,13,19-20H2,1-6H3,(H,32,37)(H,33,36). The van der Waals surface area contributed by atoms with Gasteiger partial charge in [-0.3, -0.25) is 9.59 Å². The molecule has 0 aromatic heterocycles. The van der Waals surface area contributed by atoms with Crippen LogP contribution < -0.4 is 10.6 Å². The maximum atomic E-state index is 13.9. The van der Waals surface area contributed by atoms with E-state index in [4.69, 9.17) is 16.3 Å². The Morgan fingerprint density at radius 2 is 1.61 bits per heavy atom. The van der Waals surface area contributed by atoms with Crippen LogP contribution >= 0.6 is 11.6 Å². The number of rotatable bonds is 12. The lowest BCUT2D eigenvalue weighted by atomic mass is 9.98. The van der Waals surface area contributed by atoms with Crippen LogP contribution in [0.2, 0.25) is 5.02 Å². The SMILES string of the molecule is CCCCCCCN(C(=O)CNC(=O)OC(C)(C)C)C(C(=O)Nc1c(C)cccc1Cl)c1ccccc1C. The number of nitrogens with one attached hydrogen (secondary N) is 2. The predicted molar refractivity (Wildman–Crippen MR) is 153 cm³/mol. The fraction of sp³-hybridized carbons (Fsp3) is 0.500. The lowest BCUT2D eigenvalue weighted by Crippen LogP contribution is -2.47. The van der Waals surface area contributed by atoms with Gasteiger partial charge in [0.15, 0.2) is 0 Å². The van der Waals surface area contributed by atoms with Gasteiger partial charge >= 0.3 is 6.09 Å². The minimum atomic E-state index is -0.911. The summed E-state index contributed by atoms with van der Waals surface area (Å²) in [6, 6.07) is 12.0. The fourth-order valence-corrected chi connectivity index (χ4v) is 4.44. The zero-order valence-corrected chi connectivity index (χ0v) is 24.3. The summed E-state index contributed by atoms with van der Waals surface area (Å²) in [5.74, 6) is -0.736. The third-order valence-corrected chi connectivity index (χ3v) is 6.43. The van der Waals surface area contributed by atoms with Gasteiger partial charge in [0.1, 0.15) is 18.2 Å². The van der Waals surface area contributed by atoms with Crippen molar-refractivity contribution in [2.75, 3.05) is 18.4 Å². The number of unbranched alkanes of at least 4 members (excludes halogenated alkanes) is 4. The largest absolute Gasteiger partial charge is 0.444 e. The van der Waals surface area contributed by atoms with Crippen molar-refractivity contribution in [3.05, 3.63) is 64.2 Å². The molecule has 3 amide bonds. The second-order valence-corrected chi connectivity index (χ2v) is 10.9. The highest BCUT2D eigenvalue weighted by Gasteiger charge is 2.33. The summed E-state index contributed by atoms with van der Waals surface area (Å²) in [6.07, 6.45) is 4.25. The number of carbonyl (C=O) groups excluding carboxylic acids is 3. The smallest absolute Gasteiger partial charge is 0.408 e. The van der Waals surface area contributed by atoms with Crippen LogP contribution in [0.4, 0.5) is 10.5 Å². The van der Waals surface area contributed by atoms with Crippen molar-refractivity contribution in [3.8, 4) is 0 Å². The minimum absolute atomic E-state index is 0.287. The van der Waals surface area contributed by atoms with Crippen LogP contribution in [0.5, 0.6) is 0 Å². The first-order chi connectivity index (χ1) is 17.9. The second kappa shape index (κ2) is 14.8. The quantitative estimate of drug-likeness (QED) is 0.283. The van der Waals surface area contributed by atoms with Gasteiger partial charge in [-0.15, -0.1) is 0 Å². The van der Waals surface area contributed by atoms with E-state index in [1.807, 2.05) is 50.2 Å². The maximum absolute atomic E-state index is 13.9. The number of ether oxygens (including phenoxy) is 1. The third-order valence-electron chi connectivity index (χ3n) is 6.12. The third kappa shape index (κ3) is 9.67. The lowest BCUT2D eigenvalue weighted by molar-refractivity contribution is -0.138. The molecule has 38 heavy (non-hydrogen) atoms. The van der Waals surface area contributed by atoms with E-state index in [0.29, 0.717) is 22.8 Å². The van der Waals surface area contributed by atoms with Crippen molar-refractivity contribution in [1.29, 1.82) is 0 Å². The molecule has 0 fully saturated rings. The molecule has 1 unspecified atom stereocenters. The van der Waals surface area contributed by atoms with Gasteiger partial charge in [0, 0.05) is 6.54 Å². The number of hydrogen-bond donors (Lipinski definition) is 2. The number of benzene rings is 2. The molecular formula is C30H42ClN3O4. The molecule has 0 saturated carbocycles. The van der Waals surface area contributed by atoms with Crippen LogP contribution in [0.3, 0.4) is 0 Å². The van der Waals surface area contributed by atoms with Gasteiger partial charge in [-0.25, -0.2) is 4.79 Å². The number of carbonyl (C=O) groups is 3. The van der Waals surface area contributed by atoms with E-state index in [-0.39, 0.29) is 18.4 Å². The van der Waals surface area contributed by atoms with E-state index >= 15 is 0 Å². The molecule has 2 aromatic rings. The summed E-state index contributed by atoms with van der Waals surface area (Å²) < 4.78 is 5.30. The Hall–Kier alpha value is -3.06. The van der Waals surface area contributed by atoms with Gasteiger partial charge in [0.25, 0.3) is 5.91 Å². The first-order valence-electron chi connectivity index (χ1n) is 13.3. The number of aryl methyl sites for hydroxylation is 2. The van der Waals surface area contributed by atoms with Crippen LogP contribution in [0, 0.1) is 13.8 Å². The molecule has 2 N–H and O–H groups in total. The molecule has 0 radical (unpaired) electrons. The molecule has 7 nitrogen and oxygen atoms in total. The monoisotopic (exact) mass is 543 g/mol. The molecular weight excluding hydrogens is 502 g/mol. The summed E-state index contributed by atoms with van der Waals surface area (Å²) in [7, 11) is 0. The highest BCUT2D eigenvalue weighted by Crippen LogP contribution is 2.30. The molecule has 2 rings (SSSR count). The Morgan fingerprint density at radius 1 is 0.947 bits per heavy atom. The normalized spacial score (nSPS) is 12.0. The first kappa shape index (κ1) is 31.2. The van der Waals surface area contributed by atoms with Gasteiger partial charge in [-0.05, 0) is 63.8 Å². The molecule has 0 heterocycles. The maximum Gasteiger partial charge on any atom is 0.408 e. The van der Waals surface area contributed by atoms with Gasteiger partial charge in [-0.1, -0.05) is 80.6 Å². The summed E-state index contributed by atoms with van der Waals surface area (Å²) in [5.41, 5.74) is 2.24. The highest BCUT2D eigenvalue weighted by atomic mass is 35.5. The lowest BCUT2D eigenvalue weighted by Gasteiger charge is -2.33. The van der Waals surface area contributed by atoms with E-state index in [1.54, 1.807) is 31.7 Å². The fourth-order valence-electron chi connectivity index (χ4n) is 4.17. The molecule has 2 aromatic carbocycles. The van der Waals surface area contributed by atoms with E-state index in [9.17, 15) is 14.4 Å². The number of hydrogen-bond acceptors (Lipinski definition) is 4. The first-order valence-corrected chi connectivity index (χ1v) is 13.7. The zero-order valence-electron chi connectivity index (χ0n) is 23.5. The molecule has 1 atom stereocenters. The van der Waals surface area contributed by atoms with Gasteiger partial charge in [0.05, 0.1) is 10.7 Å². The minimum Gasteiger partial charge on any atom is -0.444 e. The van der Waals surface area contributed by atoms with Gasteiger partial charge < -0.3 is 20.3 Å². The Balaban J connectivity index is 2.40. The van der Waals surface area contributed by atoms with E-state index in [2.05, 4.69) is 17.6 Å². The summed E-state index contributed by atoms with van der Waals surface area (Å²) in [5, 5.41) is 5.94. The zero-order chi connectivity index (χ0) is 28.3. The van der Waals surface area contributed by atoms with Gasteiger partial charge in [-0.2, -0.15) is 0 Å². The Labute approximate surface area is 232 Å². The molecule has 0 bridgehead atoms. The Morgan fingerprint density at radius 3 is 2.24 bits per heavy atom. The van der Waals surface area contributed by atoms with Crippen molar-refractivity contribution in [2.45, 2.75) is 85.3 Å². The van der Waals surface area contributed by atoms with Crippen molar-refractivity contribution < 1.29 is 19.1 Å². The molecule has 0 spiro atoms. The number of anilines is 1. The van der Waals surface area contributed by atoms with Crippen molar-refractivity contribution >= 4 is 35.2 Å². The number of para-hydroxylation sites is 1. The summed E-state index contributed by atoms with van der Waals surface area (Å²) >= 11 is 6.41. The van der Waals surface area contributed by atoms with Crippen molar-refractivity contribution in [1.82, 2.24) is 10.2 Å². The molecule has 8 heteroatoms. The Kier molecular flexibility index (Phi) is 12.1. The van der Waals surface area contributed by atoms with Crippen molar-refractivity contribution in [3.63, 3.8) is 0 Å². The van der Waals surface area contributed by atoms with E-state index < -0.39 is 17.7 Å². The van der Waals surface area contributed by atoms with Gasteiger partial charge in [0.2, 0.25) is 5.91 Å². The predicted octanol–water partition coefficient (Wildman–Crippen LogP) is 6.96. The van der Waals surface area contributed by atoms with Crippen molar-refractivity contribution in [2.24, 2.45) is 0 Å². The second-order valence-electron chi connectivity index (χ2n) is 10.5. The topological polar surface area (TPSA) is 87.7 Å². The molecule has 0 aliphatic carbocycles. The molecule has 0 aliphatic rings. The number of alkyl carbamates (subject to hydrolysis) is 1. The highest BCUT2D eigenvalue weighted by molar-refractivity contribution is 6.34. The number of amides is 3. The van der Waals surface area contributed by atoms with Crippen LogP contribution in [0.25, 0.3) is 0 Å². The average molecular weight is 544 g/mol. The summed E-state index contributed by atoms with van der Waals surface area (Å²) in [4.78, 5) is 41.3. The van der Waals surface area contributed by atoms with Crippen LogP contribution in [-0.4, -0.2) is 41.5 Å². The molecule has 0 aliphatic heterocycles. The Bertz CT molecular complexity index is 1080. The molecule has 0 saturated heterocycles. The number of nitrogens with zero attached hydrogens (tertiary/aromatic N) is 1. The average Bonchev–Trinajstić information content (AvgIpc) is 2.84. The van der Waals surface area contributed by atoms with E-state index in [1.165, 1.54) is 0 Å². The van der Waals surface area contributed by atoms with Crippen LogP contribution in [0.1, 0.15) is 82.5 Å². The summed E-state index contributed by atoms with van der Waals surface area (Å²) in [6.45, 7) is 11.3. The molecule has 208 valence electrons. The van der Waals surface area contributed by atoms with Crippen LogP contribution in [-0.2, 0) is 14.3 Å². The van der Waals surface area contributed by atoms with E-state index in [0.717, 1.165) is 43.2 Å². The van der Waals surface area contributed by atoms with Crippen LogP contribution in [0.15, 0.2) is 42.5 Å².